The fourth-order valence-corrected chi connectivity index (χ4v) is 3.42. The van der Waals surface area contributed by atoms with Gasteiger partial charge in [-0.3, -0.25) is 14.5 Å². The molecular formula is C19H20BrN3O3. The topological polar surface area (TPSA) is 70.7 Å². The summed E-state index contributed by atoms with van der Waals surface area (Å²) >= 11 is 3.47. The number of nitrogens with one attached hydrogen (secondary N) is 2. The summed E-state index contributed by atoms with van der Waals surface area (Å²) in [4.78, 5) is 26.0. The fraction of sp³-hybridized carbons (Fsp3) is 0.263. The van der Waals surface area contributed by atoms with Crippen LogP contribution >= 0.6 is 15.9 Å². The standard InChI is InChI=1S/C19H20BrN3O3/c1-12(13-7-8-17(26-2)14(20)9-13)21-10-19(25)23-11-18(24)22-15-5-3-4-6-16(15)23/h3-9,12,21H,10-11H2,1-2H3,(H,22,24)/t12-/m1/s1. The highest BCUT2D eigenvalue weighted by Crippen LogP contribution is 2.29. The minimum atomic E-state index is -0.191. The Labute approximate surface area is 160 Å². The molecule has 0 aliphatic carbocycles. The maximum Gasteiger partial charge on any atom is 0.244 e. The number of hydrogen-bond acceptors (Lipinski definition) is 4. The third-order valence-corrected chi connectivity index (χ3v) is 4.93. The first-order chi connectivity index (χ1) is 12.5. The maximum absolute atomic E-state index is 12.7. The summed E-state index contributed by atoms with van der Waals surface area (Å²) in [6.07, 6.45) is 0. The average molecular weight is 418 g/mol. The van der Waals surface area contributed by atoms with Crippen LogP contribution in [0.3, 0.4) is 0 Å². The van der Waals surface area contributed by atoms with Crippen molar-refractivity contribution in [2.45, 2.75) is 13.0 Å². The summed E-state index contributed by atoms with van der Waals surface area (Å²) in [5.41, 5.74) is 2.41. The van der Waals surface area contributed by atoms with Crippen molar-refractivity contribution in [1.29, 1.82) is 0 Å². The molecule has 0 radical (unpaired) electrons. The van der Waals surface area contributed by atoms with E-state index in [4.69, 9.17) is 4.74 Å². The van der Waals surface area contributed by atoms with E-state index >= 15 is 0 Å². The number of ether oxygens (including phenoxy) is 1. The van der Waals surface area contributed by atoms with Gasteiger partial charge in [-0.2, -0.15) is 0 Å². The number of carbonyl (C=O) groups excluding carboxylic acids is 2. The zero-order chi connectivity index (χ0) is 18.7. The molecule has 0 spiro atoms. The van der Waals surface area contributed by atoms with Crippen LogP contribution in [0, 0.1) is 0 Å². The number of fused-ring (bicyclic) bond motifs is 1. The molecule has 2 aromatic rings. The van der Waals surface area contributed by atoms with E-state index < -0.39 is 0 Å². The molecule has 1 aliphatic heterocycles. The van der Waals surface area contributed by atoms with E-state index in [0.717, 1.165) is 21.5 Å². The quantitative estimate of drug-likeness (QED) is 0.783. The average Bonchev–Trinajstić information content (AvgIpc) is 2.65. The molecule has 0 saturated heterocycles. The highest BCUT2D eigenvalue weighted by atomic mass is 79.9. The molecule has 6 nitrogen and oxygen atoms in total. The third-order valence-electron chi connectivity index (χ3n) is 4.31. The lowest BCUT2D eigenvalue weighted by atomic mass is 10.1. The second kappa shape index (κ2) is 7.88. The van der Waals surface area contributed by atoms with Gasteiger partial charge in [0.15, 0.2) is 0 Å². The molecule has 0 fully saturated rings. The lowest BCUT2D eigenvalue weighted by Gasteiger charge is -2.29. The Balaban J connectivity index is 1.67. The van der Waals surface area contributed by atoms with Crippen molar-refractivity contribution in [2.24, 2.45) is 0 Å². The fourth-order valence-electron chi connectivity index (χ4n) is 2.86. The van der Waals surface area contributed by atoms with Gasteiger partial charge in [0.1, 0.15) is 12.3 Å². The monoisotopic (exact) mass is 417 g/mol. The second-order valence-electron chi connectivity index (χ2n) is 6.04. The smallest absolute Gasteiger partial charge is 0.244 e. The summed E-state index contributed by atoms with van der Waals surface area (Å²) in [7, 11) is 1.62. The Morgan fingerprint density at radius 3 is 2.85 bits per heavy atom. The van der Waals surface area contributed by atoms with Gasteiger partial charge in [-0.1, -0.05) is 18.2 Å². The molecule has 0 bridgehead atoms. The molecule has 2 amide bonds. The van der Waals surface area contributed by atoms with E-state index in [2.05, 4.69) is 26.6 Å². The summed E-state index contributed by atoms with van der Waals surface area (Å²) in [6, 6.07) is 13.1. The molecule has 7 heteroatoms. The Kier molecular flexibility index (Phi) is 5.58. The molecule has 26 heavy (non-hydrogen) atoms. The maximum atomic E-state index is 12.7. The number of carbonyl (C=O) groups is 2. The molecule has 0 unspecified atom stereocenters. The highest BCUT2D eigenvalue weighted by molar-refractivity contribution is 9.10. The molecule has 1 atom stereocenters. The van der Waals surface area contributed by atoms with Gasteiger partial charge in [-0.05, 0) is 52.7 Å². The minimum Gasteiger partial charge on any atom is -0.496 e. The van der Waals surface area contributed by atoms with Crippen molar-refractivity contribution < 1.29 is 14.3 Å². The molecule has 0 aromatic heterocycles. The second-order valence-corrected chi connectivity index (χ2v) is 6.90. The number of nitrogens with zero attached hydrogens (tertiary/aromatic N) is 1. The first kappa shape index (κ1) is 18.4. The zero-order valence-electron chi connectivity index (χ0n) is 14.6. The largest absolute Gasteiger partial charge is 0.496 e. The van der Waals surface area contributed by atoms with Gasteiger partial charge in [0, 0.05) is 6.04 Å². The Morgan fingerprint density at radius 2 is 2.12 bits per heavy atom. The zero-order valence-corrected chi connectivity index (χ0v) is 16.2. The van der Waals surface area contributed by atoms with Crippen LogP contribution in [0.4, 0.5) is 11.4 Å². The van der Waals surface area contributed by atoms with Gasteiger partial charge in [0.05, 0.1) is 29.5 Å². The molecule has 0 saturated carbocycles. The van der Waals surface area contributed by atoms with Crippen LogP contribution in [0.25, 0.3) is 0 Å². The molecule has 2 N–H and O–H groups in total. The van der Waals surface area contributed by atoms with Crippen LogP contribution in [0.2, 0.25) is 0 Å². The van der Waals surface area contributed by atoms with Crippen molar-refractivity contribution >= 4 is 39.1 Å². The summed E-state index contributed by atoms with van der Waals surface area (Å²) in [5, 5.41) is 6.00. The van der Waals surface area contributed by atoms with Crippen molar-refractivity contribution in [2.75, 3.05) is 30.4 Å². The van der Waals surface area contributed by atoms with Crippen LogP contribution in [-0.4, -0.2) is 32.0 Å². The molecule has 1 heterocycles. The Hall–Kier alpha value is -2.38. The lowest BCUT2D eigenvalue weighted by Crippen LogP contribution is -2.46. The first-order valence-electron chi connectivity index (χ1n) is 8.25. The predicted molar refractivity (Wildman–Crippen MR) is 105 cm³/mol. The summed E-state index contributed by atoms with van der Waals surface area (Å²) in [6.45, 7) is 2.14. The normalized spacial score (nSPS) is 14.4. The van der Waals surface area contributed by atoms with E-state index in [1.54, 1.807) is 13.2 Å². The van der Waals surface area contributed by atoms with E-state index in [0.29, 0.717) is 5.69 Å². The van der Waals surface area contributed by atoms with Crippen molar-refractivity contribution in [1.82, 2.24) is 5.32 Å². The first-order valence-corrected chi connectivity index (χ1v) is 9.05. The van der Waals surface area contributed by atoms with Gasteiger partial charge in [0.2, 0.25) is 11.8 Å². The predicted octanol–water partition coefficient (Wildman–Crippen LogP) is 3.09. The van der Waals surface area contributed by atoms with Gasteiger partial charge < -0.3 is 15.4 Å². The van der Waals surface area contributed by atoms with Gasteiger partial charge in [-0.15, -0.1) is 0 Å². The van der Waals surface area contributed by atoms with Gasteiger partial charge in [-0.25, -0.2) is 0 Å². The molecule has 1 aliphatic rings. The number of para-hydroxylation sites is 2. The number of anilines is 2. The summed E-state index contributed by atoms with van der Waals surface area (Å²) < 4.78 is 6.09. The summed E-state index contributed by atoms with van der Waals surface area (Å²) in [5.74, 6) is 0.420. The van der Waals surface area contributed by atoms with Crippen LogP contribution in [0.1, 0.15) is 18.5 Å². The van der Waals surface area contributed by atoms with E-state index in [9.17, 15) is 9.59 Å². The van der Waals surface area contributed by atoms with Crippen LogP contribution in [-0.2, 0) is 9.59 Å². The van der Waals surface area contributed by atoms with Crippen LogP contribution < -0.4 is 20.3 Å². The number of hydrogen-bond donors (Lipinski definition) is 2. The number of methoxy groups -OCH3 is 1. The van der Waals surface area contributed by atoms with E-state index in [-0.39, 0.29) is 30.9 Å². The minimum absolute atomic E-state index is 0.0278. The third kappa shape index (κ3) is 3.89. The lowest BCUT2D eigenvalue weighted by molar-refractivity contribution is -0.121. The number of halogens is 1. The molecular weight excluding hydrogens is 398 g/mol. The number of amides is 2. The van der Waals surface area contributed by atoms with E-state index in [1.807, 2.05) is 43.3 Å². The van der Waals surface area contributed by atoms with Crippen LogP contribution in [0.5, 0.6) is 5.75 Å². The number of benzene rings is 2. The van der Waals surface area contributed by atoms with Crippen molar-refractivity contribution in [3.8, 4) is 5.75 Å². The van der Waals surface area contributed by atoms with Crippen molar-refractivity contribution in [3.63, 3.8) is 0 Å². The SMILES string of the molecule is COc1ccc([C@@H](C)NCC(=O)N2CC(=O)Nc3ccccc32)cc1Br. The molecule has 3 rings (SSSR count). The number of rotatable bonds is 5. The van der Waals surface area contributed by atoms with Gasteiger partial charge >= 0.3 is 0 Å². The van der Waals surface area contributed by atoms with Gasteiger partial charge in [0.25, 0.3) is 0 Å². The van der Waals surface area contributed by atoms with Crippen LogP contribution in [0.15, 0.2) is 46.9 Å². The highest BCUT2D eigenvalue weighted by Gasteiger charge is 2.26. The van der Waals surface area contributed by atoms with E-state index in [1.165, 1.54) is 4.90 Å². The Morgan fingerprint density at radius 1 is 1.35 bits per heavy atom. The molecule has 2 aromatic carbocycles. The Bertz CT molecular complexity index is 841. The molecule has 136 valence electrons. The van der Waals surface area contributed by atoms with Crippen molar-refractivity contribution in [3.05, 3.63) is 52.5 Å².